The van der Waals surface area contributed by atoms with Gasteiger partial charge in [-0.3, -0.25) is 9.79 Å². The number of aliphatic imine (C=N–C) groups is 1. The number of benzene rings is 1. The third-order valence-electron chi connectivity index (χ3n) is 3.42. The van der Waals surface area contributed by atoms with Crippen molar-refractivity contribution in [1.82, 2.24) is 4.90 Å². The van der Waals surface area contributed by atoms with Crippen molar-refractivity contribution in [3.63, 3.8) is 0 Å². The lowest BCUT2D eigenvalue weighted by atomic mass is 10.2. The van der Waals surface area contributed by atoms with E-state index >= 15 is 0 Å². The molecule has 1 atom stereocenters. The largest absolute Gasteiger partial charge is 0.395 e. The van der Waals surface area contributed by atoms with Gasteiger partial charge in [-0.25, -0.2) is 0 Å². The summed E-state index contributed by atoms with van der Waals surface area (Å²) in [5.41, 5.74) is 1.07. The molecular weight excluding hydrogens is 284 g/mol. The fourth-order valence-corrected chi connectivity index (χ4v) is 3.29. The lowest BCUT2D eigenvalue weighted by molar-refractivity contribution is -0.132. The SMILES string of the molecule is CCCCN(CCO)C(=O)C1CSC(c2ccccc2)=N1. The van der Waals surface area contributed by atoms with E-state index in [4.69, 9.17) is 5.11 Å². The molecule has 1 aromatic carbocycles. The first kappa shape index (κ1) is 16.0. The fourth-order valence-electron chi connectivity index (χ4n) is 2.25. The predicted octanol–water partition coefficient (Wildman–Crippen LogP) is 2.17. The summed E-state index contributed by atoms with van der Waals surface area (Å²) in [4.78, 5) is 18.8. The van der Waals surface area contributed by atoms with Crippen molar-refractivity contribution in [3.05, 3.63) is 35.9 Å². The highest BCUT2D eigenvalue weighted by atomic mass is 32.2. The molecule has 114 valence electrons. The smallest absolute Gasteiger partial charge is 0.248 e. The van der Waals surface area contributed by atoms with Crippen LogP contribution in [-0.4, -0.2) is 52.4 Å². The van der Waals surface area contributed by atoms with Crippen LogP contribution >= 0.6 is 11.8 Å². The first-order valence-electron chi connectivity index (χ1n) is 7.42. The van der Waals surface area contributed by atoms with E-state index in [-0.39, 0.29) is 18.6 Å². The number of aliphatic hydroxyl groups excluding tert-OH is 1. The first-order chi connectivity index (χ1) is 10.3. The number of hydrogen-bond donors (Lipinski definition) is 1. The van der Waals surface area contributed by atoms with E-state index in [0.29, 0.717) is 18.8 Å². The Labute approximate surface area is 130 Å². The van der Waals surface area contributed by atoms with E-state index in [1.807, 2.05) is 30.3 Å². The number of hydrogen-bond acceptors (Lipinski definition) is 4. The number of aliphatic hydroxyl groups is 1. The highest BCUT2D eigenvalue weighted by molar-refractivity contribution is 8.14. The molecular formula is C16H22N2O2S. The molecule has 5 heteroatoms. The molecule has 2 rings (SSSR count). The molecule has 1 aliphatic rings. The Morgan fingerprint density at radius 3 is 2.81 bits per heavy atom. The van der Waals surface area contributed by atoms with E-state index in [1.54, 1.807) is 16.7 Å². The molecule has 0 saturated carbocycles. The third kappa shape index (κ3) is 4.32. The van der Waals surface area contributed by atoms with Crippen LogP contribution in [0.3, 0.4) is 0 Å². The summed E-state index contributed by atoms with van der Waals surface area (Å²) in [5.74, 6) is 0.729. The van der Waals surface area contributed by atoms with Gasteiger partial charge in [0.25, 0.3) is 0 Å². The molecule has 0 bridgehead atoms. The van der Waals surface area contributed by atoms with Crippen molar-refractivity contribution in [1.29, 1.82) is 0 Å². The molecule has 0 aromatic heterocycles. The zero-order chi connectivity index (χ0) is 15.1. The quantitative estimate of drug-likeness (QED) is 0.840. The summed E-state index contributed by atoms with van der Waals surface area (Å²) in [6, 6.07) is 9.65. The van der Waals surface area contributed by atoms with Gasteiger partial charge in [-0.05, 0) is 6.42 Å². The second-order valence-electron chi connectivity index (χ2n) is 5.03. The molecule has 0 spiro atoms. The minimum absolute atomic E-state index is 0.00454. The maximum Gasteiger partial charge on any atom is 0.248 e. The Morgan fingerprint density at radius 1 is 1.38 bits per heavy atom. The fraction of sp³-hybridized carbons (Fsp3) is 0.500. The lowest BCUT2D eigenvalue weighted by Gasteiger charge is -2.23. The summed E-state index contributed by atoms with van der Waals surface area (Å²) in [6.45, 7) is 3.20. The third-order valence-corrected chi connectivity index (χ3v) is 4.52. The predicted molar refractivity (Wildman–Crippen MR) is 87.8 cm³/mol. The van der Waals surface area contributed by atoms with Crippen LogP contribution in [0.4, 0.5) is 0 Å². The van der Waals surface area contributed by atoms with Gasteiger partial charge in [0, 0.05) is 24.4 Å². The zero-order valence-corrected chi connectivity index (χ0v) is 13.2. The van der Waals surface area contributed by atoms with Crippen LogP contribution in [0.1, 0.15) is 25.3 Å². The van der Waals surface area contributed by atoms with Crippen LogP contribution in [0, 0.1) is 0 Å². The summed E-state index contributed by atoms with van der Waals surface area (Å²) in [7, 11) is 0. The van der Waals surface area contributed by atoms with Crippen LogP contribution in [0.5, 0.6) is 0 Å². The molecule has 1 heterocycles. The number of amides is 1. The highest BCUT2D eigenvalue weighted by Gasteiger charge is 2.29. The van der Waals surface area contributed by atoms with Crippen molar-refractivity contribution >= 4 is 22.7 Å². The van der Waals surface area contributed by atoms with Crippen LogP contribution in [-0.2, 0) is 4.79 Å². The van der Waals surface area contributed by atoms with E-state index in [0.717, 1.165) is 23.4 Å². The van der Waals surface area contributed by atoms with E-state index in [2.05, 4.69) is 11.9 Å². The molecule has 0 radical (unpaired) electrons. The Hall–Kier alpha value is -1.33. The Balaban J connectivity index is 2.04. The molecule has 1 aliphatic heterocycles. The standard InChI is InChI=1S/C16H22N2O2S/c1-2-3-9-18(10-11-19)16(20)14-12-21-15(17-14)13-7-5-4-6-8-13/h4-8,14,19H,2-3,9-12H2,1H3. The monoisotopic (exact) mass is 306 g/mol. The van der Waals surface area contributed by atoms with Gasteiger partial charge in [0.2, 0.25) is 5.91 Å². The number of unbranched alkanes of at least 4 members (excludes halogenated alkanes) is 1. The van der Waals surface area contributed by atoms with E-state index in [9.17, 15) is 4.79 Å². The minimum atomic E-state index is -0.311. The molecule has 0 saturated heterocycles. The highest BCUT2D eigenvalue weighted by Crippen LogP contribution is 2.24. The summed E-state index contributed by atoms with van der Waals surface area (Å²) >= 11 is 1.63. The van der Waals surface area contributed by atoms with Gasteiger partial charge >= 0.3 is 0 Å². The van der Waals surface area contributed by atoms with Crippen LogP contribution < -0.4 is 0 Å². The molecule has 0 aliphatic carbocycles. The van der Waals surface area contributed by atoms with E-state index in [1.165, 1.54) is 0 Å². The van der Waals surface area contributed by atoms with Crippen molar-refractivity contribution < 1.29 is 9.90 Å². The van der Waals surface area contributed by atoms with Crippen molar-refractivity contribution in [2.24, 2.45) is 4.99 Å². The molecule has 1 amide bonds. The van der Waals surface area contributed by atoms with Crippen LogP contribution in [0.25, 0.3) is 0 Å². The normalized spacial score (nSPS) is 17.6. The number of rotatable bonds is 7. The average molecular weight is 306 g/mol. The van der Waals surface area contributed by atoms with Crippen molar-refractivity contribution in [2.45, 2.75) is 25.8 Å². The average Bonchev–Trinajstić information content (AvgIpc) is 3.01. The molecule has 0 fully saturated rings. The van der Waals surface area contributed by atoms with Gasteiger partial charge in [-0.15, -0.1) is 11.8 Å². The molecule has 4 nitrogen and oxygen atoms in total. The number of nitrogens with zero attached hydrogens (tertiary/aromatic N) is 2. The van der Waals surface area contributed by atoms with Gasteiger partial charge < -0.3 is 10.0 Å². The second-order valence-corrected chi connectivity index (χ2v) is 6.04. The molecule has 21 heavy (non-hydrogen) atoms. The van der Waals surface area contributed by atoms with Gasteiger partial charge in [-0.1, -0.05) is 43.7 Å². The number of carbonyl (C=O) groups excluding carboxylic acids is 1. The Kier molecular flexibility index (Phi) is 6.26. The van der Waals surface area contributed by atoms with Gasteiger partial charge in [0.05, 0.1) is 11.7 Å². The van der Waals surface area contributed by atoms with Crippen molar-refractivity contribution in [2.75, 3.05) is 25.4 Å². The number of thioether (sulfide) groups is 1. The van der Waals surface area contributed by atoms with Gasteiger partial charge in [0.1, 0.15) is 6.04 Å². The molecule has 1 N–H and O–H groups in total. The van der Waals surface area contributed by atoms with Crippen molar-refractivity contribution in [3.8, 4) is 0 Å². The molecule has 1 unspecified atom stereocenters. The summed E-state index contributed by atoms with van der Waals surface area (Å²) < 4.78 is 0. The number of carbonyl (C=O) groups is 1. The van der Waals surface area contributed by atoms with Crippen LogP contribution in [0.15, 0.2) is 35.3 Å². The zero-order valence-electron chi connectivity index (χ0n) is 12.4. The maximum atomic E-state index is 12.5. The lowest BCUT2D eigenvalue weighted by Crippen LogP contribution is -2.41. The summed E-state index contributed by atoms with van der Waals surface area (Å²) in [5, 5.41) is 10.1. The summed E-state index contributed by atoms with van der Waals surface area (Å²) in [6.07, 6.45) is 1.99. The minimum Gasteiger partial charge on any atom is -0.395 e. The van der Waals surface area contributed by atoms with Gasteiger partial charge in [-0.2, -0.15) is 0 Å². The topological polar surface area (TPSA) is 52.9 Å². The maximum absolute atomic E-state index is 12.5. The Morgan fingerprint density at radius 2 is 2.14 bits per heavy atom. The first-order valence-corrected chi connectivity index (χ1v) is 8.40. The van der Waals surface area contributed by atoms with E-state index < -0.39 is 0 Å². The van der Waals surface area contributed by atoms with Gasteiger partial charge in [0.15, 0.2) is 0 Å². The van der Waals surface area contributed by atoms with Crippen LogP contribution in [0.2, 0.25) is 0 Å². The Bertz CT molecular complexity index is 490. The molecule has 1 aromatic rings. The second kappa shape index (κ2) is 8.20.